The van der Waals surface area contributed by atoms with Crippen LogP contribution in [0.25, 0.3) is 0 Å². The summed E-state index contributed by atoms with van der Waals surface area (Å²) in [7, 11) is 0. The molecule has 0 saturated heterocycles. The van der Waals surface area contributed by atoms with Gasteiger partial charge >= 0.3 is 0 Å². The lowest BCUT2D eigenvalue weighted by Crippen LogP contribution is -2.36. The minimum atomic E-state index is -1.33. The molecule has 0 saturated carbocycles. The van der Waals surface area contributed by atoms with Crippen LogP contribution in [-0.4, -0.2) is 34.3 Å². The van der Waals surface area contributed by atoms with Gasteiger partial charge in [0.15, 0.2) is 0 Å². The zero-order valence-electron chi connectivity index (χ0n) is 3.78. The van der Waals surface area contributed by atoms with Gasteiger partial charge in [-0.25, -0.2) is 0 Å². The number of hydrogen-bond donors (Lipinski definition) is 4. The fourth-order valence-corrected chi connectivity index (χ4v) is 0.108. The van der Waals surface area contributed by atoms with E-state index < -0.39 is 18.9 Å². The minimum Gasteiger partial charge on any atom is -0.394 e. The van der Waals surface area contributed by atoms with E-state index >= 15 is 0 Å². The highest BCUT2D eigenvalue weighted by Crippen LogP contribution is 1.80. The highest BCUT2D eigenvalue weighted by atomic mass is 16.4. The smallest absolute Gasteiger partial charge is 0.130 e. The summed E-state index contributed by atoms with van der Waals surface area (Å²) >= 11 is 0. The number of hydrogen-bond acceptors (Lipinski definition) is 4. The molecule has 0 amide bonds. The molecule has 0 aromatic heterocycles. The molecule has 4 nitrogen and oxygen atoms in total. The van der Waals surface area contributed by atoms with Crippen molar-refractivity contribution in [2.24, 2.45) is 5.73 Å². The van der Waals surface area contributed by atoms with Crippen LogP contribution in [0.2, 0.25) is 0 Å². The van der Waals surface area contributed by atoms with Gasteiger partial charge in [-0.15, -0.1) is 0 Å². The summed E-state index contributed by atoms with van der Waals surface area (Å²) in [5.74, 6) is 0. The standard InChI is InChI=1S/C3H9NO3/c4-3(7)2(6)1-5/h2-3,5-7H,1,4H2/t2-,3?/m0/s1. The Balaban J connectivity index is 3.14. The molecule has 4 heteroatoms. The third kappa shape index (κ3) is 2.52. The van der Waals surface area contributed by atoms with Gasteiger partial charge in [0, 0.05) is 0 Å². The van der Waals surface area contributed by atoms with Gasteiger partial charge in [0.1, 0.15) is 12.3 Å². The first-order chi connectivity index (χ1) is 3.18. The Hall–Kier alpha value is -0.160. The minimum absolute atomic E-state index is 0.502. The molecule has 0 aliphatic carbocycles. The van der Waals surface area contributed by atoms with Crippen LogP contribution >= 0.6 is 0 Å². The van der Waals surface area contributed by atoms with Crippen molar-refractivity contribution in [3.05, 3.63) is 0 Å². The van der Waals surface area contributed by atoms with E-state index in [9.17, 15) is 0 Å². The molecule has 0 spiro atoms. The highest BCUT2D eigenvalue weighted by Gasteiger charge is 2.07. The van der Waals surface area contributed by atoms with Crippen molar-refractivity contribution in [2.75, 3.05) is 6.61 Å². The average molecular weight is 107 g/mol. The first kappa shape index (κ1) is 6.84. The van der Waals surface area contributed by atoms with Crippen molar-refractivity contribution in [3.8, 4) is 0 Å². The van der Waals surface area contributed by atoms with Crippen molar-refractivity contribution in [2.45, 2.75) is 12.3 Å². The maximum absolute atomic E-state index is 8.31. The molecule has 2 atom stereocenters. The van der Waals surface area contributed by atoms with Crippen molar-refractivity contribution in [1.29, 1.82) is 0 Å². The van der Waals surface area contributed by atoms with E-state index in [2.05, 4.69) is 0 Å². The number of aliphatic hydroxyl groups is 3. The molecule has 0 rings (SSSR count). The molecule has 0 radical (unpaired) electrons. The Morgan fingerprint density at radius 1 is 1.43 bits per heavy atom. The molecule has 44 valence electrons. The summed E-state index contributed by atoms with van der Waals surface area (Å²) < 4.78 is 0. The Morgan fingerprint density at radius 2 is 1.86 bits per heavy atom. The molecule has 0 aliphatic heterocycles. The topological polar surface area (TPSA) is 86.7 Å². The third-order valence-electron chi connectivity index (χ3n) is 0.581. The van der Waals surface area contributed by atoms with Gasteiger partial charge < -0.3 is 21.1 Å². The van der Waals surface area contributed by atoms with Crippen LogP contribution in [0.3, 0.4) is 0 Å². The van der Waals surface area contributed by atoms with Gasteiger partial charge in [-0.05, 0) is 0 Å². The lowest BCUT2D eigenvalue weighted by molar-refractivity contribution is -0.0103. The Kier molecular flexibility index (Phi) is 2.86. The van der Waals surface area contributed by atoms with Gasteiger partial charge in [-0.1, -0.05) is 0 Å². The maximum Gasteiger partial charge on any atom is 0.130 e. The largest absolute Gasteiger partial charge is 0.394 e. The molecule has 0 bridgehead atoms. The van der Waals surface area contributed by atoms with Gasteiger partial charge in [0.2, 0.25) is 0 Å². The second-order valence-corrected chi connectivity index (χ2v) is 1.24. The zero-order chi connectivity index (χ0) is 5.86. The third-order valence-corrected chi connectivity index (χ3v) is 0.581. The predicted octanol–water partition coefficient (Wildman–Crippen LogP) is -2.38. The van der Waals surface area contributed by atoms with E-state index in [0.29, 0.717) is 0 Å². The highest BCUT2D eigenvalue weighted by molar-refractivity contribution is 4.55. The lowest BCUT2D eigenvalue weighted by atomic mass is 10.3. The van der Waals surface area contributed by atoms with E-state index in [0.717, 1.165) is 0 Å². The van der Waals surface area contributed by atoms with Crippen LogP contribution in [-0.2, 0) is 0 Å². The molecule has 0 aromatic carbocycles. The predicted molar refractivity (Wildman–Crippen MR) is 23.3 cm³/mol. The van der Waals surface area contributed by atoms with Crippen molar-refractivity contribution in [3.63, 3.8) is 0 Å². The van der Waals surface area contributed by atoms with Crippen LogP contribution in [0, 0.1) is 0 Å². The van der Waals surface area contributed by atoms with Crippen LogP contribution in [0.1, 0.15) is 0 Å². The Labute approximate surface area is 41.2 Å². The lowest BCUT2D eigenvalue weighted by Gasteiger charge is -2.07. The van der Waals surface area contributed by atoms with Gasteiger partial charge in [-0.2, -0.15) is 0 Å². The summed E-state index contributed by atoms with van der Waals surface area (Å²) in [6, 6.07) is 0. The fraction of sp³-hybridized carbons (Fsp3) is 1.00. The fourth-order valence-electron chi connectivity index (χ4n) is 0.108. The molecule has 0 aromatic rings. The molecule has 7 heavy (non-hydrogen) atoms. The first-order valence-electron chi connectivity index (χ1n) is 1.91. The summed E-state index contributed by atoms with van der Waals surface area (Å²) in [6.07, 6.45) is -2.54. The normalized spacial score (nSPS) is 18.9. The molecule has 5 N–H and O–H groups in total. The molecular formula is C3H9NO3. The number of nitrogens with two attached hydrogens (primary N) is 1. The van der Waals surface area contributed by atoms with Gasteiger partial charge in [-0.3, -0.25) is 0 Å². The quantitative estimate of drug-likeness (QED) is 0.297. The van der Waals surface area contributed by atoms with Crippen LogP contribution in [0.15, 0.2) is 0 Å². The van der Waals surface area contributed by atoms with E-state index in [-0.39, 0.29) is 0 Å². The van der Waals surface area contributed by atoms with Crippen LogP contribution < -0.4 is 5.73 Å². The summed E-state index contributed by atoms with van der Waals surface area (Å²) in [6.45, 7) is -0.502. The Bertz CT molecular complexity index is 47.4. The van der Waals surface area contributed by atoms with E-state index in [1.165, 1.54) is 0 Å². The number of rotatable bonds is 2. The first-order valence-corrected chi connectivity index (χ1v) is 1.91. The summed E-state index contributed by atoms with van der Waals surface area (Å²) in [5, 5.41) is 24.5. The van der Waals surface area contributed by atoms with E-state index in [1.54, 1.807) is 0 Å². The Morgan fingerprint density at radius 3 is 1.86 bits per heavy atom. The second-order valence-electron chi connectivity index (χ2n) is 1.24. The SMILES string of the molecule is NC(O)[C@@H](O)CO. The molecule has 0 heterocycles. The van der Waals surface area contributed by atoms with E-state index in [4.69, 9.17) is 21.1 Å². The molecule has 0 fully saturated rings. The van der Waals surface area contributed by atoms with E-state index in [1.807, 2.05) is 0 Å². The maximum atomic E-state index is 8.31. The van der Waals surface area contributed by atoms with Crippen molar-refractivity contribution < 1.29 is 15.3 Å². The zero-order valence-corrected chi connectivity index (χ0v) is 3.78. The monoisotopic (exact) mass is 107 g/mol. The second kappa shape index (κ2) is 2.92. The number of aliphatic hydroxyl groups excluding tert-OH is 3. The van der Waals surface area contributed by atoms with Gasteiger partial charge in [0.05, 0.1) is 6.61 Å². The van der Waals surface area contributed by atoms with Crippen LogP contribution in [0.4, 0.5) is 0 Å². The van der Waals surface area contributed by atoms with Crippen LogP contribution in [0.5, 0.6) is 0 Å². The summed E-state index contributed by atoms with van der Waals surface area (Å²) in [5.41, 5.74) is 4.69. The summed E-state index contributed by atoms with van der Waals surface area (Å²) in [4.78, 5) is 0. The average Bonchev–Trinajstić information content (AvgIpc) is 1.65. The molecular weight excluding hydrogens is 98.0 g/mol. The van der Waals surface area contributed by atoms with Crippen molar-refractivity contribution in [1.82, 2.24) is 0 Å². The molecule has 1 unspecified atom stereocenters. The van der Waals surface area contributed by atoms with Gasteiger partial charge in [0.25, 0.3) is 0 Å². The molecule has 0 aliphatic rings. The van der Waals surface area contributed by atoms with Crippen molar-refractivity contribution >= 4 is 0 Å².